The van der Waals surface area contributed by atoms with Crippen LogP contribution in [0.15, 0.2) is 6.20 Å². The average Bonchev–Trinajstić information content (AvgIpc) is 3.04. The van der Waals surface area contributed by atoms with Gasteiger partial charge >= 0.3 is 0 Å². The highest BCUT2D eigenvalue weighted by Crippen LogP contribution is 2.18. The highest BCUT2D eigenvalue weighted by molar-refractivity contribution is 7.11. The van der Waals surface area contributed by atoms with Crippen LogP contribution >= 0.6 is 11.3 Å². The van der Waals surface area contributed by atoms with E-state index in [9.17, 15) is 4.79 Å². The number of hydrogen-bond acceptors (Lipinski definition) is 4. The van der Waals surface area contributed by atoms with Crippen LogP contribution in [0.25, 0.3) is 0 Å². The normalized spacial score (nSPS) is 14.9. The van der Waals surface area contributed by atoms with Crippen LogP contribution < -0.4 is 10.6 Å². The van der Waals surface area contributed by atoms with Gasteiger partial charge in [-0.2, -0.15) is 0 Å². The molecule has 1 saturated carbocycles. The average molecular weight is 253 g/mol. The Kier molecular flexibility index (Phi) is 4.50. The molecule has 1 fully saturated rings. The number of amides is 1. The molecule has 94 valence electrons. The number of nitrogens with one attached hydrogen (secondary N) is 2. The van der Waals surface area contributed by atoms with Crippen molar-refractivity contribution in [2.24, 2.45) is 0 Å². The van der Waals surface area contributed by atoms with Crippen molar-refractivity contribution in [1.29, 1.82) is 0 Å². The molecule has 0 atom stereocenters. The first-order valence-corrected chi connectivity index (χ1v) is 7.03. The maximum Gasteiger partial charge on any atom is 0.221 e. The van der Waals surface area contributed by atoms with E-state index in [2.05, 4.69) is 22.5 Å². The van der Waals surface area contributed by atoms with Crippen LogP contribution in [-0.4, -0.2) is 23.5 Å². The minimum Gasteiger partial charge on any atom is -0.350 e. The minimum absolute atomic E-state index is 0.103. The van der Waals surface area contributed by atoms with Gasteiger partial charge in [-0.05, 0) is 19.3 Å². The van der Waals surface area contributed by atoms with Crippen molar-refractivity contribution < 1.29 is 4.79 Å². The lowest BCUT2D eigenvalue weighted by Gasteiger charge is -2.03. The van der Waals surface area contributed by atoms with E-state index in [1.165, 1.54) is 17.7 Å². The molecule has 1 amide bonds. The molecule has 1 aliphatic carbocycles. The number of hydrogen-bond donors (Lipinski definition) is 2. The summed E-state index contributed by atoms with van der Waals surface area (Å²) in [4.78, 5) is 17.1. The zero-order chi connectivity index (χ0) is 12.1. The van der Waals surface area contributed by atoms with Crippen LogP contribution in [0.1, 0.15) is 36.1 Å². The van der Waals surface area contributed by atoms with Crippen molar-refractivity contribution in [3.8, 4) is 0 Å². The van der Waals surface area contributed by atoms with Crippen LogP contribution in [0.2, 0.25) is 0 Å². The first kappa shape index (κ1) is 12.5. The smallest absolute Gasteiger partial charge is 0.221 e. The van der Waals surface area contributed by atoms with Gasteiger partial charge in [-0.1, -0.05) is 6.92 Å². The topological polar surface area (TPSA) is 54.0 Å². The Hall–Kier alpha value is -0.940. The molecule has 1 heterocycles. The number of nitrogens with zero attached hydrogens (tertiary/aromatic N) is 1. The van der Waals surface area contributed by atoms with Crippen molar-refractivity contribution in [1.82, 2.24) is 15.6 Å². The fraction of sp³-hybridized carbons (Fsp3) is 0.667. The summed E-state index contributed by atoms with van der Waals surface area (Å²) in [6, 6.07) is 0.675. The zero-order valence-electron chi connectivity index (χ0n) is 10.2. The van der Waals surface area contributed by atoms with Gasteiger partial charge in [-0.15, -0.1) is 11.3 Å². The fourth-order valence-electron chi connectivity index (χ4n) is 1.53. The van der Waals surface area contributed by atoms with Crippen LogP contribution in [0.5, 0.6) is 0 Å². The molecule has 2 N–H and O–H groups in total. The van der Waals surface area contributed by atoms with Gasteiger partial charge in [-0.3, -0.25) is 4.79 Å². The first-order chi connectivity index (χ1) is 8.28. The van der Waals surface area contributed by atoms with Crippen LogP contribution in [-0.2, 0) is 17.8 Å². The number of rotatable bonds is 7. The molecule has 2 rings (SSSR count). The van der Waals surface area contributed by atoms with E-state index >= 15 is 0 Å². The maximum atomic E-state index is 11.5. The summed E-state index contributed by atoms with van der Waals surface area (Å²) in [6.45, 7) is 3.46. The lowest BCUT2D eigenvalue weighted by molar-refractivity contribution is -0.121. The van der Waals surface area contributed by atoms with E-state index in [4.69, 9.17) is 0 Å². The Morgan fingerprint density at radius 2 is 2.41 bits per heavy atom. The maximum absolute atomic E-state index is 11.5. The second kappa shape index (κ2) is 6.12. The molecule has 1 aromatic heterocycles. The summed E-state index contributed by atoms with van der Waals surface area (Å²) in [5, 5.41) is 7.22. The van der Waals surface area contributed by atoms with Crippen LogP contribution in [0.4, 0.5) is 0 Å². The molecular formula is C12H19N3OS. The third-order valence-corrected chi connectivity index (χ3v) is 3.89. The van der Waals surface area contributed by atoms with E-state index in [0.29, 0.717) is 19.0 Å². The van der Waals surface area contributed by atoms with E-state index in [-0.39, 0.29) is 5.91 Å². The van der Waals surface area contributed by atoms with Gasteiger partial charge in [0, 0.05) is 30.1 Å². The molecular weight excluding hydrogens is 234 g/mol. The molecule has 0 unspecified atom stereocenters. The largest absolute Gasteiger partial charge is 0.350 e. The highest BCUT2D eigenvalue weighted by atomic mass is 32.1. The standard InChI is InChI=1S/C12H19N3OS/c1-2-10-7-15-12(17-10)8-14-11(16)5-6-13-9-3-4-9/h7,9,13H,2-6,8H2,1H3,(H,14,16). The number of carbonyl (C=O) groups excluding carboxylic acids is 1. The summed E-state index contributed by atoms with van der Waals surface area (Å²) >= 11 is 1.67. The van der Waals surface area contributed by atoms with Crippen molar-refractivity contribution in [2.45, 2.75) is 45.2 Å². The Balaban J connectivity index is 1.60. The van der Waals surface area contributed by atoms with Gasteiger partial charge < -0.3 is 10.6 Å². The van der Waals surface area contributed by atoms with E-state index in [1.807, 2.05) is 6.20 Å². The SMILES string of the molecule is CCc1cnc(CNC(=O)CCNC2CC2)s1. The lowest BCUT2D eigenvalue weighted by Crippen LogP contribution is -2.28. The second-order valence-corrected chi connectivity index (χ2v) is 5.53. The predicted molar refractivity (Wildman–Crippen MR) is 69.0 cm³/mol. The van der Waals surface area contributed by atoms with Crippen molar-refractivity contribution >= 4 is 17.2 Å². The molecule has 17 heavy (non-hydrogen) atoms. The molecule has 4 nitrogen and oxygen atoms in total. The summed E-state index contributed by atoms with van der Waals surface area (Å²) < 4.78 is 0. The number of thiazole rings is 1. The van der Waals surface area contributed by atoms with E-state index in [0.717, 1.165) is 18.0 Å². The molecule has 1 aromatic rings. The summed E-state index contributed by atoms with van der Waals surface area (Å²) in [5.74, 6) is 0.103. The monoisotopic (exact) mass is 253 g/mol. The van der Waals surface area contributed by atoms with Gasteiger partial charge in [0.1, 0.15) is 5.01 Å². The molecule has 0 spiro atoms. The van der Waals surface area contributed by atoms with E-state index in [1.54, 1.807) is 11.3 Å². The van der Waals surface area contributed by atoms with Crippen molar-refractivity contribution in [3.05, 3.63) is 16.1 Å². The number of carbonyl (C=O) groups is 1. The number of aryl methyl sites for hydroxylation is 1. The third kappa shape index (κ3) is 4.44. The quantitative estimate of drug-likeness (QED) is 0.773. The van der Waals surface area contributed by atoms with Gasteiger partial charge in [0.15, 0.2) is 0 Å². The lowest BCUT2D eigenvalue weighted by atomic mass is 10.4. The Morgan fingerprint density at radius 3 is 3.06 bits per heavy atom. The predicted octanol–water partition coefficient (Wildman–Crippen LogP) is 1.46. The molecule has 5 heteroatoms. The van der Waals surface area contributed by atoms with Crippen LogP contribution in [0.3, 0.4) is 0 Å². The van der Waals surface area contributed by atoms with Crippen LogP contribution in [0, 0.1) is 0 Å². The van der Waals surface area contributed by atoms with E-state index < -0.39 is 0 Å². The van der Waals surface area contributed by atoms with Gasteiger partial charge in [0.2, 0.25) is 5.91 Å². The summed E-state index contributed by atoms with van der Waals surface area (Å²) in [5.41, 5.74) is 0. The van der Waals surface area contributed by atoms with Gasteiger partial charge in [-0.25, -0.2) is 4.98 Å². The molecule has 0 radical (unpaired) electrons. The fourth-order valence-corrected chi connectivity index (χ4v) is 2.34. The Bertz CT molecular complexity index is 374. The van der Waals surface area contributed by atoms with Gasteiger partial charge in [0.05, 0.1) is 6.54 Å². The molecule has 0 aromatic carbocycles. The first-order valence-electron chi connectivity index (χ1n) is 6.21. The molecule has 0 saturated heterocycles. The molecule has 1 aliphatic rings. The zero-order valence-corrected chi connectivity index (χ0v) is 11.0. The molecule has 0 aliphatic heterocycles. The Morgan fingerprint density at radius 1 is 1.59 bits per heavy atom. The third-order valence-electron chi connectivity index (χ3n) is 2.75. The van der Waals surface area contributed by atoms with Crippen molar-refractivity contribution in [3.63, 3.8) is 0 Å². The number of aromatic nitrogens is 1. The Labute approximate surface area is 106 Å². The molecule has 0 bridgehead atoms. The summed E-state index contributed by atoms with van der Waals surface area (Å²) in [7, 11) is 0. The summed E-state index contributed by atoms with van der Waals surface area (Å²) in [6.07, 6.45) is 5.99. The van der Waals surface area contributed by atoms with Crippen molar-refractivity contribution in [2.75, 3.05) is 6.54 Å². The minimum atomic E-state index is 0.103. The highest BCUT2D eigenvalue weighted by Gasteiger charge is 2.19. The second-order valence-electron chi connectivity index (χ2n) is 4.33. The van der Waals surface area contributed by atoms with Gasteiger partial charge in [0.25, 0.3) is 0 Å².